The summed E-state index contributed by atoms with van der Waals surface area (Å²) >= 11 is 18.0. The minimum absolute atomic E-state index is 0.156. The molecule has 0 saturated heterocycles. The average Bonchev–Trinajstić information content (AvgIpc) is 2.70. The summed E-state index contributed by atoms with van der Waals surface area (Å²) in [7, 11) is 0. The highest BCUT2D eigenvalue weighted by Crippen LogP contribution is 2.34. The third kappa shape index (κ3) is 5.87. The van der Waals surface area contributed by atoms with Crippen LogP contribution in [0.5, 0.6) is 5.75 Å². The second-order valence-corrected chi connectivity index (χ2v) is 7.18. The van der Waals surface area contributed by atoms with Crippen LogP contribution >= 0.6 is 34.8 Å². The quantitative estimate of drug-likeness (QED) is 0.491. The van der Waals surface area contributed by atoms with Gasteiger partial charge in [0.15, 0.2) is 6.61 Å². The van der Waals surface area contributed by atoms with E-state index in [0.29, 0.717) is 22.0 Å². The second kappa shape index (κ2) is 9.65. The number of rotatable bonds is 6. The van der Waals surface area contributed by atoms with Crippen molar-refractivity contribution in [1.82, 2.24) is 0 Å². The molecule has 0 aliphatic heterocycles. The molecule has 3 aromatic carbocycles. The van der Waals surface area contributed by atoms with Crippen LogP contribution in [0.1, 0.15) is 10.4 Å². The lowest BCUT2D eigenvalue weighted by molar-refractivity contribution is -0.118. The number of halogens is 3. The smallest absolute Gasteiger partial charge is 0.262 e. The van der Waals surface area contributed by atoms with Crippen LogP contribution in [-0.4, -0.2) is 18.4 Å². The van der Waals surface area contributed by atoms with E-state index in [1.807, 2.05) is 18.2 Å². The Labute approximate surface area is 182 Å². The van der Waals surface area contributed by atoms with E-state index < -0.39 is 5.91 Å². The zero-order valence-electron chi connectivity index (χ0n) is 14.9. The SMILES string of the molecule is O=C(COc1ccc(C(=O)Nc2c(Cl)cc(Cl)cc2Cl)cc1)Nc1ccccc1. The van der Waals surface area contributed by atoms with Gasteiger partial charge in [0, 0.05) is 16.3 Å². The molecule has 0 aromatic heterocycles. The third-order valence-electron chi connectivity index (χ3n) is 3.79. The minimum atomic E-state index is -0.399. The Hall–Kier alpha value is -2.73. The Morgan fingerprint density at radius 2 is 1.45 bits per heavy atom. The van der Waals surface area contributed by atoms with Gasteiger partial charge in [-0.05, 0) is 48.5 Å². The summed E-state index contributed by atoms with van der Waals surface area (Å²) < 4.78 is 5.44. The molecule has 3 aromatic rings. The van der Waals surface area contributed by atoms with Gasteiger partial charge in [-0.3, -0.25) is 9.59 Å². The summed E-state index contributed by atoms with van der Waals surface area (Å²) in [5.41, 5.74) is 1.33. The van der Waals surface area contributed by atoms with Crippen molar-refractivity contribution in [3.8, 4) is 5.75 Å². The zero-order chi connectivity index (χ0) is 20.8. The molecule has 2 N–H and O–H groups in total. The number of hydrogen-bond acceptors (Lipinski definition) is 3. The molecule has 5 nitrogen and oxygen atoms in total. The van der Waals surface area contributed by atoms with Gasteiger partial charge in [0.05, 0.1) is 15.7 Å². The summed E-state index contributed by atoms with van der Waals surface area (Å²) in [5, 5.41) is 6.22. The number of carbonyl (C=O) groups is 2. The van der Waals surface area contributed by atoms with Gasteiger partial charge in [-0.15, -0.1) is 0 Å². The molecule has 8 heteroatoms. The van der Waals surface area contributed by atoms with E-state index >= 15 is 0 Å². The van der Waals surface area contributed by atoms with Gasteiger partial charge in [0.1, 0.15) is 5.75 Å². The van der Waals surface area contributed by atoms with Crippen molar-refractivity contribution in [2.75, 3.05) is 17.2 Å². The molecule has 0 bridgehead atoms. The predicted molar refractivity (Wildman–Crippen MR) is 116 cm³/mol. The van der Waals surface area contributed by atoms with Crippen LogP contribution in [-0.2, 0) is 4.79 Å². The summed E-state index contributed by atoms with van der Waals surface area (Å²) in [6.45, 7) is -0.156. The maximum atomic E-state index is 12.4. The van der Waals surface area contributed by atoms with Gasteiger partial charge >= 0.3 is 0 Å². The maximum absolute atomic E-state index is 12.4. The molecular weight excluding hydrogens is 435 g/mol. The molecule has 0 heterocycles. The standard InChI is InChI=1S/C21H15Cl3N2O3/c22-14-10-17(23)20(18(24)11-14)26-21(28)13-6-8-16(9-7-13)29-12-19(27)25-15-4-2-1-3-5-15/h1-11H,12H2,(H,25,27)(H,26,28). The van der Waals surface area contributed by atoms with Crippen molar-refractivity contribution in [2.45, 2.75) is 0 Å². The van der Waals surface area contributed by atoms with Crippen molar-refractivity contribution in [2.24, 2.45) is 0 Å². The lowest BCUT2D eigenvalue weighted by Crippen LogP contribution is -2.20. The van der Waals surface area contributed by atoms with Crippen LogP contribution in [0.25, 0.3) is 0 Å². The lowest BCUT2D eigenvalue weighted by atomic mass is 10.2. The van der Waals surface area contributed by atoms with Crippen molar-refractivity contribution < 1.29 is 14.3 Å². The number of benzene rings is 3. The van der Waals surface area contributed by atoms with E-state index in [-0.39, 0.29) is 28.2 Å². The summed E-state index contributed by atoms with van der Waals surface area (Å²) in [6.07, 6.45) is 0. The van der Waals surface area contributed by atoms with Gasteiger partial charge in [-0.25, -0.2) is 0 Å². The van der Waals surface area contributed by atoms with Crippen LogP contribution in [0, 0.1) is 0 Å². The molecule has 0 unspecified atom stereocenters. The Bertz CT molecular complexity index is 1000. The predicted octanol–water partition coefficient (Wildman–Crippen LogP) is 5.92. The Morgan fingerprint density at radius 3 is 2.07 bits per heavy atom. The van der Waals surface area contributed by atoms with Crippen molar-refractivity contribution in [3.05, 3.63) is 87.4 Å². The molecule has 0 aliphatic carbocycles. The number of ether oxygens (including phenoxy) is 1. The summed E-state index contributed by atoms with van der Waals surface area (Å²) in [5.74, 6) is -0.234. The van der Waals surface area contributed by atoms with Crippen molar-refractivity contribution in [1.29, 1.82) is 0 Å². The van der Waals surface area contributed by atoms with Crippen LogP contribution in [0.15, 0.2) is 66.7 Å². The number of anilines is 2. The fourth-order valence-electron chi connectivity index (χ4n) is 2.42. The lowest BCUT2D eigenvalue weighted by Gasteiger charge is -2.11. The maximum Gasteiger partial charge on any atom is 0.262 e. The first-order valence-corrected chi connectivity index (χ1v) is 9.59. The van der Waals surface area contributed by atoms with E-state index in [1.54, 1.807) is 36.4 Å². The second-order valence-electron chi connectivity index (χ2n) is 5.93. The first kappa shape index (κ1) is 21.0. The Morgan fingerprint density at radius 1 is 0.828 bits per heavy atom. The van der Waals surface area contributed by atoms with Crippen LogP contribution in [0.2, 0.25) is 15.1 Å². The molecule has 0 aliphatic rings. The zero-order valence-corrected chi connectivity index (χ0v) is 17.2. The normalized spacial score (nSPS) is 10.3. The highest BCUT2D eigenvalue weighted by molar-refractivity contribution is 6.42. The molecular formula is C21H15Cl3N2O3. The molecule has 3 rings (SSSR count). The van der Waals surface area contributed by atoms with E-state index in [4.69, 9.17) is 39.5 Å². The first-order chi connectivity index (χ1) is 13.9. The highest BCUT2D eigenvalue weighted by atomic mass is 35.5. The fraction of sp³-hybridized carbons (Fsp3) is 0.0476. The summed E-state index contributed by atoms with van der Waals surface area (Å²) in [4.78, 5) is 24.3. The minimum Gasteiger partial charge on any atom is -0.484 e. The number of carbonyl (C=O) groups excluding carboxylic acids is 2. The van der Waals surface area contributed by atoms with Gasteiger partial charge < -0.3 is 15.4 Å². The molecule has 148 valence electrons. The van der Waals surface area contributed by atoms with Gasteiger partial charge in [0.25, 0.3) is 11.8 Å². The Balaban J connectivity index is 1.57. The molecule has 29 heavy (non-hydrogen) atoms. The molecule has 0 radical (unpaired) electrons. The number of hydrogen-bond donors (Lipinski definition) is 2. The van der Waals surface area contributed by atoms with Gasteiger partial charge in [0.2, 0.25) is 0 Å². The Kier molecular flexibility index (Phi) is 6.99. The van der Waals surface area contributed by atoms with E-state index in [9.17, 15) is 9.59 Å². The number of amides is 2. The monoisotopic (exact) mass is 448 g/mol. The molecule has 0 spiro atoms. The number of nitrogens with one attached hydrogen (secondary N) is 2. The van der Waals surface area contributed by atoms with Crippen LogP contribution in [0.4, 0.5) is 11.4 Å². The number of para-hydroxylation sites is 1. The first-order valence-electron chi connectivity index (χ1n) is 8.46. The van der Waals surface area contributed by atoms with Crippen molar-refractivity contribution in [3.63, 3.8) is 0 Å². The fourth-order valence-corrected chi connectivity index (χ4v) is 3.33. The van der Waals surface area contributed by atoms with Crippen molar-refractivity contribution >= 4 is 58.0 Å². The van der Waals surface area contributed by atoms with Gasteiger partial charge in [-0.2, -0.15) is 0 Å². The van der Waals surface area contributed by atoms with E-state index in [2.05, 4.69) is 10.6 Å². The summed E-state index contributed by atoms with van der Waals surface area (Å²) in [6, 6.07) is 18.4. The van der Waals surface area contributed by atoms with E-state index in [1.165, 1.54) is 12.1 Å². The van der Waals surface area contributed by atoms with Gasteiger partial charge in [-0.1, -0.05) is 53.0 Å². The average molecular weight is 450 g/mol. The highest BCUT2D eigenvalue weighted by Gasteiger charge is 2.13. The molecule has 0 atom stereocenters. The molecule has 0 saturated carbocycles. The van der Waals surface area contributed by atoms with Crippen LogP contribution < -0.4 is 15.4 Å². The third-order valence-corrected chi connectivity index (χ3v) is 4.60. The van der Waals surface area contributed by atoms with Crippen LogP contribution in [0.3, 0.4) is 0 Å². The topological polar surface area (TPSA) is 67.4 Å². The molecule has 2 amide bonds. The largest absolute Gasteiger partial charge is 0.484 e. The van der Waals surface area contributed by atoms with E-state index in [0.717, 1.165) is 0 Å². The molecule has 0 fully saturated rings.